The molecule has 0 spiro atoms. The Morgan fingerprint density at radius 3 is 2.67 bits per heavy atom. The van der Waals surface area contributed by atoms with Gasteiger partial charge in [0.15, 0.2) is 10.6 Å². The van der Waals surface area contributed by atoms with Crippen molar-refractivity contribution >= 4 is 34.8 Å². The topological polar surface area (TPSA) is 76.6 Å². The fraction of sp³-hybridized carbons (Fsp3) is 0.160. The molecule has 2 aromatic carbocycles. The van der Waals surface area contributed by atoms with Gasteiger partial charge in [0.1, 0.15) is 5.76 Å². The van der Waals surface area contributed by atoms with Crippen molar-refractivity contribution in [2.45, 2.75) is 26.4 Å². The van der Waals surface area contributed by atoms with E-state index in [4.69, 9.17) is 16.0 Å². The van der Waals surface area contributed by atoms with Gasteiger partial charge in [0.05, 0.1) is 12.6 Å². The van der Waals surface area contributed by atoms with E-state index in [1.807, 2.05) is 54.9 Å². The first-order valence-corrected chi connectivity index (χ1v) is 11.5. The van der Waals surface area contributed by atoms with Crippen molar-refractivity contribution in [3.63, 3.8) is 0 Å². The van der Waals surface area contributed by atoms with E-state index in [9.17, 15) is 9.59 Å². The molecular weight excluding hydrogens is 458 g/mol. The number of nitrogens with zero attached hydrogens (tertiary/aromatic N) is 2. The minimum atomic E-state index is -0.373. The maximum absolute atomic E-state index is 12.6. The number of aryl methyl sites for hydroxylation is 1. The van der Waals surface area contributed by atoms with Gasteiger partial charge in [-0.2, -0.15) is 4.99 Å². The highest BCUT2D eigenvalue weighted by Crippen LogP contribution is 2.15. The number of carbonyl (C=O) groups is 2. The highest BCUT2D eigenvalue weighted by atomic mass is 35.5. The van der Waals surface area contributed by atoms with Crippen molar-refractivity contribution in [2.75, 3.05) is 0 Å². The van der Waals surface area contributed by atoms with E-state index in [0.29, 0.717) is 27.7 Å². The third-order valence-corrected chi connectivity index (χ3v) is 6.13. The molecule has 0 saturated carbocycles. The molecular formula is C25H22ClN3O3S. The van der Waals surface area contributed by atoms with Gasteiger partial charge in [0, 0.05) is 21.7 Å². The number of amides is 2. The molecule has 0 radical (unpaired) electrons. The van der Waals surface area contributed by atoms with Crippen LogP contribution in [0.4, 0.5) is 0 Å². The summed E-state index contributed by atoms with van der Waals surface area (Å²) in [5.74, 6) is 0.156. The van der Waals surface area contributed by atoms with E-state index in [1.54, 1.807) is 36.4 Å². The van der Waals surface area contributed by atoms with Gasteiger partial charge in [0.25, 0.3) is 11.8 Å². The molecule has 33 heavy (non-hydrogen) atoms. The molecule has 1 N–H and O–H groups in total. The van der Waals surface area contributed by atoms with Crippen molar-refractivity contribution in [2.24, 2.45) is 4.99 Å². The Morgan fingerprint density at radius 2 is 1.91 bits per heavy atom. The number of carbonyl (C=O) groups excluding carboxylic acids is 2. The summed E-state index contributed by atoms with van der Waals surface area (Å²) in [5, 5.41) is 3.42. The molecule has 0 saturated heterocycles. The number of aromatic nitrogens is 1. The van der Waals surface area contributed by atoms with Crippen LogP contribution in [0.1, 0.15) is 50.1 Å². The predicted octanol–water partition coefficient (Wildman–Crippen LogP) is 5.38. The lowest BCUT2D eigenvalue weighted by atomic mass is 10.1. The minimum absolute atomic E-state index is 0.149. The van der Waals surface area contributed by atoms with Crippen LogP contribution in [0.25, 0.3) is 0 Å². The summed E-state index contributed by atoms with van der Waals surface area (Å²) in [6.07, 6.45) is 1.90. The summed E-state index contributed by atoms with van der Waals surface area (Å²) in [5.41, 5.74) is 1.43. The largest absolute Gasteiger partial charge is 0.454 e. The molecule has 4 rings (SSSR count). The van der Waals surface area contributed by atoms with Crippen LogP contribution in [0.3, 0.4) is 0 Å². The lowest BCUT2D eigenvalue weighted by molar-refractivity contribution is 0.0909. The number of halogens is 1. The molecule has 0 bridgehead atoms. The molecule has 0 unspecified atom stereocenters. The van der Waals surface area contributed by atoms with Crippen molar-refractivity contribution in [1.82, 2.24) is 9.88 Å². The molecule has 0 fully saturated rings. The van der Waals surface area contributed by atoms with Crippen LogP contribution in [0.5, 0.6) is 0 Å². The Labute approximate surface area is 200 Å². The fourth-order valence-corrected chi connectivity index (χ4v) is 4.34. The van der Waals surface area contributed by atoms with Gasteiger partial charge in [-0.15, -0.1) is 11.3 Å². The molecule has 2 amide bonds. The highest BCUT2D eigenvalue weighted by molar-refractivity contribution is 7.09. The van der Waals surface area contributed by atoms with Crippen molar-refractivity contribution in [3.05, 3.63) is 110 Å². The maximum Gasteiger partial charge on any atom is 0.287 e. The van der Waals surface area contributed by atoms with Crippen LogP contribution < -0.4 is 10.1 Å². The zero-order valence-electron chi connectivity index (χ0n) is 18.1. The number of hydrogen-bond donors (Lipinski definition) is 1. The van der Waals surface area contributed by atoms with Gasteiger partial charge >= 0.3 is 0 Å². The highest BCUT2D eigenvalue weighted by Gasteiger charge is 2.16. The second kappa shape index (κ2) is 10.0. The van der Waals surface area contributed by atoms with E-state index < -0.39 is 0 Å². The van der Waals surface area contributed by atoms with Gasteiger partial charge in [-0.25, -0.2) is 0 Å². The van der Waals surface area contributed by atoms with Gasteiger partial charge in [0.2, 0.25) is 0 Å². The summed E-state index contributed by atoms with van der Waals surface area (Å²) in [6, 6.07) is 19.7. The van der Waals surface area contributed by atoms with Crippen LogP contribution in [-0.4, -0.2) is 16.4 Å². The summed E-state index contributed by atoms with van der Waals surface area (Å²) in [6.45, 7) is 4.20. The van der Waals surface area contributed by atoms with Crippen LogP contribution in [0, 0.1) is 6.92 Å². The molecule has 0 aliphatic heterocycles. The zero-order chi connectivity index (χ0) is 23.4. The number of furan rings is 1. The first-order chi connectivity index (χ1) is 15.9. The van der Waals surface area contributed by atoms with E-state index in [2.05, 4.69) is 10.3 Å². The van der Waals surface area contributed by atoms with Crippen LogP contribution >= 0.6 is 22.9 Å². The molecule has 168 valence electrons. The van der Waals surface area contributed by atoms with Crippen LogP contribution in [0.2, 0.25) is 5.02 Å². The Morgan fingerprint density at radius 1 is 1.12 bits per heavy atom. The number of thiazole rings is 1. The Bertz CT molecular complexity index is 1350. The average molecular weight is 480 g/mol. The first kappa shape index (κ1) is 22.8. The first-order valence-electron chi connectivity index (χ1n) is 10.3. The van der Waals surface area contributed by atoms with Gasteiger partial charge < -0.3 is 14.3 Å². The van der Waals surface area contributed by atoms with Gasteiger partial charge in [-0.3, -0.25) is 9.59 Å². The molecule has 2 heterocycles. The quantitative estimate of drug-likeness (QED) is 0.403. The predicted molar refractivity (Wildman–Crippen MR) is 129 cm³/mol. The van der Waals surface area contributed by atoms with E-state index in [0.717, 1.165) is 10.4 Å². The number of benzene rings is 2. The minimum Gasteiger partial charge on any atom is -0.454 e. The molecule has 4 aromatic rings. The smallest absolute Gasteiger partial charge is 0.287 e. The second-order valence-corrected chi connectivity index (χ2v) is 9.20. The lowest BCUT2D eigenvalue weighted by Crippen LogP contribution is -2.26. The summed E-state index contributed by atoms with van der Waals surface area (Å²) in [4.78, 5) is 31.0. The summed E-state index contributed by atoms with van der Waals surface area (Å²) in [7, 11) is 0. The number of rotatable bonds is 6. The van der Waals surface area contributed by atoms with E-state index in [1.165, 1.54) is 11.3 Å². The third kappa shape index (κ3) is 5.69. The molecule has 8 heteroatoms. The monoisotopic (exact) mass is 479 g/mol. The normalized spacial score (nSPS) is 12.5. The molecule has 6 nitrogen and oxygen atoms in total. The van der Waals surface area contributed by atoms with Crippen LogP contribution in [-0.2, 0) is 6.54 Å². The second-order valence-electron chi connectivity index (χ2n) is 7.55. The van der Waals surface area contributed by atoms with E-state index >= 15 is 0 Å². The van der Waals surface area contributed by atoms with Crippen molar-refractivity contribution in [3.8, 4) is 0 Å². The van der Waals surface area contributed by atoms with Crippen LogP contribution in [0.15, 0.2) is 82.3 Å². The zero-order valence-corrected chi connectivity index (χ0v) is 19.7. The lowest BCUT2D eigenvalue weighted by Gasteiger charge is -2.13. The Balaban J connectivity index is 1.49. The van der Waals surface area contributed by atoms with Crippen molar-refractivity contribution < 1.29 is 14.0 Å². The maximum atomic E-state index is 12.6. The SMILES string of the molecule is Cc1cn(Cc2ccc(C(=O)N[C@H](C)c3ccccc3)o2)c(=NC(=O)c2cccc(Cl)c2)s1. The summed E-state index contributed by atoms with van der Waals surface area (Å²) >= 11 is 7.39. The number of nitrogens with one attached hydrogen (secondary N) is 1. The molecule has 0 aliphatic carbocycles. The summed E-state index contributed by atoms with van der Waals surface area (Å²) < 4.78 is 7.61. The third-order valence-electron chi connectivity index (χ3n) is 4.96. The van der Waals surface area contributed by atoms with Gasteiger partial charge in [-0.1, -0.05) is 48.0 Å². The molecule has 0 aliphatic rings. The molecule has 1 atom stereocenters. The fourth-order valence-electron chi connectivity index (χ4n) is 3.32. The van der Waals surface area contributed by atoms with Crippen molar-refractivity contribution in [1.29, 1.82) is 0 Å². The molecule has 2 aromatic heterocycles. The van der Waals surface area contributed by atoms with Gasteiger partial charge in [-0.05, 0) is 49.7 Å². The number of hydrogen-bond acceptors (Lipinski definition) is 4. The average Bonchev–Trinajstić information content (AvgIpc) is 3.41. The Hall–Kier alpha value is -3.42. The van der Waals surface area contributed by atoms with E-state index in [-0.39, 0.29) is 23.6 Å². The Kier molecular flexibility index (Phi) is 6.91. The standard InChI is InChI=1S/C25H22ClN3O3S/c1-16-14-29(25(33-16)28-23(30)19-9-6-10-20(26)13-19)15-21-11-12-22(32-21)24(31)27-17(2)18-7-4-3-5-8-18/h3-14,17H,15H2,1-2H3,(H,27,31)/t17-/m1/s1.